The highest BCUT2D eigenvalue weighted by Gasteiger charge is 2.27. The molecule has 0 aromatic heterocycles. The molecule has 0 unspecified atom stereocenters. The highest BCUT2D eigenvalue weighted by molar-refractivity contribution is 5.89. The van der Waals surface area contributed by atoms with Crippen LogP contribution >= 0.6 is 0 Å². The minimum Gasteiger partial charge on any atom is -0.359 e. The zero-order valence-corrected chi connectivity index (χ0v) is 12.0. The summed E-state index contributed by atoms with van der Waals surface area (Å²) in [6.45, 7) is 0.657. The number of halogens is 3. The molecule has 0 bridgehead atoms. The van der Waals surface area contributed by atoms with Crippen molar-refractivity contribution >= 4 is 17.6 Å². The number of hydrogen-bond donors (Lipinski definition) is 2. The third-order valence-electron chi connectivity index (χ3n) is 3.68. The predicted octanol–water partition coefficient (Wildman–Crippen LogP) is 2.09. The number of nitrogens with zero attached hydrogens (tertiary/aromatic N) is 1. The van der Waals surface area contributed by atoms with E-state index in [1.54, 1.807) is 7.05 Å². The number of anilines is 1. The molecule has 1 aromatic rings. The molecule has 0 aliphatic carbocycles. The van der Waals surface area contributed by atoms with Gasteiger partial charge in [0.1, 0.15) is 0 Å². The number of rotatable bonds is 2. The van der Waals surface area contributed by atoms with Gasteiger partial charge in [-0.1, -0.05) is 0 Å². The number of piperidine rings is 1. The number of amides is 3. The van der Waals surface area contributed by atoms with Crippen LogP contribution in [0, 0.1) is 23.4 Å². The van der Waals surface area contributed by atoms with Gasteiger partial charge in [0.25, 0.3) is 0 Å². The van der Waals surface area contributed by atoms with E-state index in [0.29, 0.717) is 25.9 Å². The number of nitrogens with one attached hydrogen (secondary N) is 2. The highest BCUT2D eigenvalue weighted by atomic mass is 19.2. The van der Waals surface area contributed by atoms with Gasteiger partial charge in [-0.05, 0) is 25.0 Å². The molecule has 1 aliphatic heterocycles. The third kappa shape index (κ3) is 3.32. The lowest BCUT2D eigenvalue weighted by Crippen LogP contribution is -2.44. The van der Waals surface area contributed by atoms with Crippen molar-refractivity contribution in [3.05, 3.63) is 29.6 Å². The predicted molar refractivity (Wildman–Crippen MR) is 73.7 cm³/mol. The van der Waals surface area contributed by atoms with Crippen LogP contribution in [0.15, 0.2) is 12.1 Å². The Morgan fingerprint density at radius 1 is 1.14 bits per heavy atom. The Labute approximate surface area is 125 Å². The molecule has 0 saturated carbocycles. The Balaban J connectivity index is 1.97. The van der Waals surface area contributed by atoms with Crippen LogP contribution in [0.3, 0.4) is 0 Å². The van der Waals surface area contributed by atoms with Gasteiger partial charge in [-0.3, -0.25) is 4.79 Å². The lowest BCUT2D eigenvalue weighted by molar-refractivity contribution is -0.125. The van der Waals surface area contributed by atoms with Gasteiger partial charge in [-0.15, -0.1) is 0 Å². The summed E-state index contributed by atoms with van der Waals surface area (Å²) >= 11 is 0. The Hall–Kier alpha value is -2.25. The molecule has 8 heteroatoms. The summed E-state index contributed by atoms with van der Waals surface area (Å²) in [6.07, 6.45) is 0.987. The summed E-state index contributed by atoms with van der Waals surface area (Å²) in [4.78, 5) is 24.9. The maximum atomic E-state index is 13.5. The topological polar surface area (TPSA) is 61.4 Å². The second kappa shape index (κ2) is 6.67. The zero-order chi connectivity index (χ0) is 16.3. The van der Waals surface area contributed by atoms with Crippen LogP contribution in [0.1, 0.15) is 12.8 Å². The van der Waals surface area contributed by atoms with E-state index >= 15 is 0 Å². The standard InChI is InChI=1S/C14H16F3N3O2/c1-18-13(21)8-4-6-20(7-5-8)14(22)19-10-3-2-9(15)11(16)12(10)17/h2-3,8H,4-7H2,1H3,(H,18,21)(H,19,22). The van der Waals surface area contributed by atoms with E-state index in [9.17, 15) is 22.8 Å². The highest BCUT2D eigenvalue weighted by Crippen LogP contribution is 2.22. The lowest BCUT2D eigenvalue weighted by Gasteiger charge is -2.31. The van der Waals surface area contributed by atoms with Gasteiger partial charge in [-0.25, -0.2) is 18.0 Å². The van der Waals surface area contributed by atoms with Crippen molar-refractivity contribution in [2.45, 2.75) is 12.8 Å². The number of benzene rings is 1. The first-order valence-electron chi connectivity index (χ1n) is 6.85. The maximum Gasteiger partial charge on any atom is 0.321 e. The first-order valence-corrected chi connectivity index (χ1v) is 6.85. The molecule has 5 nitrogen and oxygen atoms in total. The van der Waals surface area contributed by atoms with Gasteiger partial charge in [0.15, 0.2) is 17.5 Å². The Morgan fingerprint density at radius 3 is 2.36 bits per heavy atom. The second-order valence-corrected chi connectivity index (χ2v) is 5.03. The molecule has 120 valence electrons. The molecule has 3 amide bonds. The lowest BCUT2D eigenvalue weighted by atomic mass is 9.96. The fourth-order valence-electron chi connectivity index (χ4n) is 2.37. The minimum absolute atomic E-state index is 0.0771. The largest absolute Gasteiger partial charge is 0.359 e. The Morgan fingerprint density at radius 2 is 1.77 bits per heavy atom. The molecular weight excluding hydrogens is 299 g/mol. The molecule has 22 heavy (non-hydrogen) atoms. The third-order valence-corrected chi connectivity index (χ3v) is 3.68. The van der Waals surface area contributed by atoms with Crippen LogP contribution in [0.5, 0.6) is 0 Å². The molecular formula is C14H16F3N3O2. The molecule has 1 fully saturated rings. The summed E-state index contributed by atoms with van der Waals surface area (Å²) in [5.74, 6) is -4.62. The average molecular weight is 315 g/mol. The van der Waals surface area contributed by atoms with E-state index in [1.807, 2.05) is 0 Å². The van der Waals surface area contributed by atoms with Gasteiger partial charge < -0.3 is 15.5 Å². The van der Waals surface area contributed by atoms with Crippen LogP contribution in [0.2, 0.25) is 0 Å². The molecule has 1 aliphatic rings. The van der Waals surface area contributed by atoms with E-state index in [-0.39, 0.29) is 11.8 Å². The maximum absolute atomic E-state index is 13.5. The average Bonchev–Trinajstić information content (AvgIpc) is 2.54. The molecule has 2 rings (SSSR count). The summed E-state index contributed by atoms with van der Waals surface area (Å²) in [5, 5.41) is 4.76. The molecule has 1 saturated heterocycles. The summed E-state index contributed by atoms with van der Waals surface area (Å²) in [5.41, 5.74) is -0.419. The molecule has 0 radical (unpaired) electrons. The summed E-state index contributed by atoms with van der Waals surface area (Å²) in [6, 6.07) is 1.09. The van der Waals surface area contributed by atoms with E-state index in [0.717, 1.165) is 12.1 Å². The number of carbonyl (C=O) groups is 2. The molecule has 0 spiro atoms. The van der Waals surface area contributed by atoms with Crippen molar-refractivity contribution in [1.82, 2.24) is 10.2 Å². The van der Waals surface area contributed by atoms with Gasteiger partial charge >= 0.3 is 6.03 Å². The number of hydrogen-bond acceptors (Lipinski definition) is 2. The van der Waals surface area contributed by atoms with Crippen molar-refractivity contribution in [3.8, 4) is 0 Å². The number of carbonyl (C=O) groups excluding carboxylic acids is 2. The van der Waals surface area contributed by atoms with E-state index < -0.39 is 29.2 Å². The number of urea groups is 1. The van der Waals surface area contributed by atoms with Crippen LogP contribution < -0.4 is 10.6 Å². The molecule has 1 aromatic carbocycles. The van der Waals surface area contributed by atoms with Crippen molar-refractivity contribution in [2.75, 3.05) is 25.5 Å². The van der Waals surface area contributed by atoms with E-state index in [2.05, 4.69) is 10.6 Å². The first kappa shape index (κ1) is 16.1. The summed E-state index contributed by atoms with van der Waals surface area (Å²) < 4.78 is 39.4. The molecule has 0 atom stereocenters. The van der Waals surface area contributed by atoms with Gasteiger partial charge in [0.2, 0.25) is 5.91 Å². The fraction of sp³-hybridized carbons (Fsp3) is 0.429. The Bertz CT molecular complexity index is 587. The summed E-state index contributed by atoms with van der Waals surface area (Å²) in [7, 11) is 1.55. The van der Waals surface area contributed by atoms with Crippen molar-refractivity contribution in [3.63, 3.8) is 0 Å². The normalized spacial score (nSPS) is 15.5. The van der Waals surface area contributed by atoms with Crippen molar-refractivity contribution in [2.24, 2.45) is 5.92 Å². The monoisotopic (exact) mass is 315 g/mol. The number of likely N-dealkylation sites (tertiary alicyclic amines) is 1. The fourth-order valence-corrected chi connectivity index (χ4v) is 2.37. The minimum atomic E-state index is -1.63. The van der Waals surface area contributed by atoms with Crippen LogP contribution in [-0.2, 0) is 4.79 Å². The van der Waals surface area contributed by atoms with E-state index in [4.69, 9.17) is 0 Å². The Kier molecular flexibility index (Phi) is 4.89. The van der Waals surface area contributed by atoms with Crippen LogP contribution in [-0.4, -0.2) is 37.0 Å². The molecule has 2 N–H and O–H groups in total. The van der Waals surface area contributed by atoms with Crippen LogP contribution in [0.4, 0.5) is 23.7 Å². The smallest absolute Gasteiger partial charge is 0.321 e. The second-order valence-electron chi connectivity index (χ2n) is 5.03. The first-order chi connectivity index (χ1) is 10.4. The van der Waals surface area contributed by atoms with Crippen molar-refractivity contribution in [1.29, 1.82) is 0 Å². The van der Waals surface area contributed by atoms with Crippen LogP contribution in [0.25, 0.3) is 0 Å². The SMILES string of the molecule is CNC(=O)C1CCN(C(=O)Nc2ccc(F)c(F)c2F)CC1. The zero-order valence-electron chi connectivity index (χ0n) is 12.0. The quantitative estimate of drug-likeness (QED) is 0.821. The van der Waals surface area contributed by atoms with Gasteiger partial charge in [-0.2, -0.15) is 0 Å². The van der Waals surface area contributed by atoms with E-state index in [1.165, 1.54) is 4.90 Å². The van der Waals surface area contributed by atoms with Crippen molar-refractivity contribution < 1.29 is 22.8 Å². The van der Waals surface area contributed by atoms with Gasteiger partial charge in [0.05, 0.1) is 5.69 Å². The molecule has 1 heterocycles. The van der Waals surface area contributed by atoms with Gasteiger partial charge in [0, 0.05) is 26.1 Å².